The van der Waals surface area contributed by atoms with Crippen LogP contribution in [0.1, 0.15) is 29.8 Å². The van der Waals surface area contributed by atoms with Crippen molar-refractivity contribution in [3.05, 3.63) is 30.1 Å². The van der Waals surface area contributed by atoms with Crippen molar-refractivity contribution < 1.29 is 24.2 Å². The van der Waals surface area contributed by atoms with Gasteiger partial charge in [0.25, 0.3) is 5.91 Å². The number of hydrogen-bond acceptors (Lipinski definition) is 7. The smallest absolute Gasteiger partial charge is 0.269 e. The second-order valence-corrected chi connectivity index (χ2v) is 8.27. The molecule has 1 aromatic rings. The Hall–Kier alpha value is -2.56. The van der Waals surface area contributed by atoms with E-state index in [1.54, 1.807) is 23.1 Å². The highest BCUT2D eigenvalue weighted by Gasteiger charge is 2.37. The number of rotatable bonds is 7. The van der Waals surface area contributed by atoms with Crippen LogP contribution in [0.15, 0.2) is 24.4 Å². The van der Waals surface area contributed by atoms with Gasteiger partial charge in [0.2, 0.25) is 11.8 Å². The summed E-state index contributed by atoms with van der Waals surface area (Å²) in [5.41, 5.74) is 4.09. The minimum absolute atomic E-state index is 0.00507. The van der Waals surface area contributed by atoms with Crippen molar-refractivity contribution in [1.82, 2.24) is 20.1 Å². The fourth-order valence-corrected chi connectivity index (χ4v) is 3.97. The number of nitrogens with one attached hydrogen (secondary N) is 1. The average molecular weight is 434 g/mol. The molecule has 0 spiro atoms. The van der Waals surface area contributed by atoms with E-state index in [-0.39, 0.29) is 49.0 Å². The number of amides is 3. The van der Waals surface area contributed by atoms with Gasteiger partial charge in [-0.2, -0.15) is 0 Å². The Morgan fingerprint density at radius 2 is 2.03 bits per heavy atom. The van der Waals surface area contributed by atoms with Crippen molar-refractivity contribution >= 4 is 17.7 Å². The number of nitrogens with two attached hydrogens (primary N) is 1. The zero-order chi connectivity index (χ0) is 22.3. The number of nitrogens with zero attached hydrogens (tertiary/aromatic N) is 3. The Morgan fingerprint density at radius 1 is 1.26 bits per heavy atom. The van der Waals surface area contributed by atoms with Gasteiger partial charge in [-0.15, -0.1) is 0 Å². The summed E-state index contributed by atoms with van der Waals surface area (Å²) < 4.78 is 5.52. The van der Waals surface area contributed by atoms with Gasteiger partial charge in [-0.25, -0.2) is 0 Å². The number of aromatic nitrogens is 1. The van der Waals surface area contributed by atoms with Gasteiger partial charge < -0.3 is 30.7 Å². The lowest BCUT2D eigenvalue weighted by Crippen LogP contribution is -2.54. The molecule has 1 atom stereocenters. The molecule has 2 aliphatic heterocycles. The number of hydrogen-bond donors (Lipinski definition) is 3. The van der Waals surface area contributed by atoms with E-state index in [1.165, 1.54) is 6.20 Å². The van der Waals surface area contributed by atoms with Crippen LogP contribution in [0.5, 0.6) is 0 Å². The fraction of sp³-hybridized carbons (Fsp3) is 0.619. The fourth-order valence-electron chi connectivity index (χ4n) is 3.97. The summed E-state index contributed by atoms with van der Waals surface area (Å²) in [6.07, 6.45) is 3.24. The maximum Gasteiger partial charge on any atom is 0.269 e. The maximum absolute atomic E-state index is 13.1. The van der Waals surface area contributed by atoms with Crippen LogP contribution in [0.2, 0.25) is 0 Å². The molecular weight excluding hydrogens is 402 g/mol. The van der Waals surface area contributed by atoms with E-state index >= 15 is 0 Å². The van der Waals surface area contributed by atoms with Gasteiger partial charge >= 0.3 is 0 Å². The topological polar surface area (TPSA) is 138 Å². The largest absolute Gasteiger partial charge is 0.384 e. The van der Waals surface area contributed by atoms with Gasteiger partial charge in [-0.1, -0.05) is 6.07 Å². The highest BCUT2D eigenvalue weighted by atomic mass is 16.5. The van der Waals surface area contributed by atoms with Crippen molar-refractivity contribution in [2.75, 3.05) is 52.5 Å². The molecule has 3 amide bonds. The minimum Gasteiger partial charge on any atom is -0.384 e. The molecule has 170 valence electrons. The van der Waals surface area contributed by atoms with Gasteiger partial charge in [0, 0.05) is 31.6 Å². The van der Waals surface area contributed by atoms with Crippen molar-refractivity contribution in [1.29, 1.82) is 0 Å². The van der Waals surface area contributed by atoms with E-state index in [9.17, 15) is 19.5 Å². The van der Waals surface area contributed by atoms with Crippen molar-refractivity contribution in [2.45, 2.75) is 24.9 Å². The number of likely N-dealkylation sites (tertiary alicyclic amines) is 1. The lowest BCUT2D eigenvalue weighted by Gasteiger charge is -2.36. The number of pyridine rings is 1. The Morgan fingerprint density at radius 3 is 2.71 bits per heavy atom. The van der Waals surface area contributed by atoms with Crippen molar-refractivity contribution in [3.63, 3.8) is 0 Å². The number of carbonyl (C=O) groups excluding carboxylic acids is 3. The summed E-state index contributed by atoms with van der Waals surface area (Å²) >= 11 is 0. The second-order valence-electron chi connectivity index (χ2n) is 8.27. The quantitative estimate of drug-likeness (QED) is 0.501. The predicted octanol–water partition coefficient (Wildman–Crippen LogP) is -1.01. The molecule has 0 radical (unpaired) electrons. The number of piperidine rings is 1. The van der Waals surface area contributed by atoms with Crippen LogP contribution >= 0.6 is 0 Å². The van der Waals surface area contributed by atoms with Crippen LogP contribution < -0.4 is 11.1 Å². The van der Waals surface area contributed by atoms with Gasteiger partial charge in [-0.05, 0) is 38.1 Å². The molecule has 0 aromatic carbocycles. The predicted molar refractivity (Wildman–Crippen MR) is 112 cm³/mol. The molecule has 0 saturated carbocycles. The van der Waals surface area contributed by atoms with Crippen LogP contribution in [0.4, 0.5) is 0 Å². The highest BCUT2D eigenvalue weighted by molar-refractivity contribution is 5.92. The third-order valence-electron chi connectivity index (χ3n) is 5.76. The summed E-state index contributed by atoms with van der Waals surface area (Å²) in [5, 5.41) is 13.7. The minimum atomic E-state index is -1.38. The summed E-state index contributed by atoms with van der Waals surface area (Å²) in [6.45, 7) is 2.90. The van der Waals surface area contributed by atoms with Crippen molar-refractivity contribution in [2.24, 2.45) is 11.7 Å². The molecule has 3 rings (SSSR count). The number of carbonyl (C=O) groups is 3. The summed E-state index contributed by atoms with van der Waals surface area (Å²) in [4.78, 5) is 44.1. The SMILES string of the molecule is NC(=O)CCN1CCC(C(=O)N2CCOC[C@](O)(CNC(=O)c3ccccn3)C2)CC1. The van der Waals surface area contributed by atoms with Crippen LogP contribution in [0.25, 0.3) is 0 Å². The molecule has 10 nitrogen and oxygen atoms in total. The van der Waals surface area contributed by atoms with Crippen LogP contribution in [0.3, 0.4) is 0 Å². The monoisotopic (exact) mass is 433 g/mol. The normalized spacial score (nSPS) is 23.2. The average Bonchev–Trinajstić information content (AvgIpc) is 2.98. The maximum atomic E-state index is 13.1. The molecular formula is C21H31N5O5. The van der Waals surface area contributed by atoms with Crippen LogP contribution in [-0.2, 0) is 14.3 Å². The first-order valence-electron chi connectivity index (χ1n) is 10.7. The number of primary amides is 1. The molecule has 0 unspecified atom stereocenters. The summed E-state index contributed by atoms with van der Waals surface area (Å²) in [7, 11) is 0. The molecule has 2 fully saturated rings. The first-order valence-corrected chi connectivity index (χ1v) is 10.7. The van der Waals surface area contributed by atoms with Crippen LogP contribution in [-0.4, -0.2) is 95.7 Å². The van der Waals surface area contributed by atoms with E-state index in [0.29, 0.717) is 39.0 Å². The number of aliphatic hydroxyl groups is 1. The molecule has 4 N–H and O–H groups in total. The molecule has 0 aliphatic carbocycles. The third kappa shape index (κ3) is 6.71. The molecule has 2 aliphatic rings. The van der Waals surface area contributed by atoms with Crippen LogP contribution in [0, 0.1) is 5.92 Å². The van der Waals surface area contributed by atoms with E-state index < -0.39 is 5.60 Å². The van der Waals surface area contributed by atoms with Crippen molar-refractivity contribution in [3.8, 4) is 0 Å². The standard InChI is InChI=1S/C21H31N5O5/c22-18(27)6-10-25-8-4-16(5-9-25)20(29)26-11-12-31-15-21(30,14-26)13-24-19(28)17-3-1-2-7-23-17/h1-3,7,16,30H,4-6,8-15H2,(H2,22,27)(H,24,28)/t21-/m0/s1. The molecule has 2 saturated heterocycles. The lowest BCUT2D eigenvalue weighted by atomic mass is 9.94. The molecule has 0 bridgehead atoms. The third-order valence-corrected chi connectivity index (χ3v) is 5.76. The van der Waals surface area contributed by atoms with Gasteiger partial charge in [-0.3, -0.25) is 19.4 Å². The molecule has 3 heterocycles. The Labute approximate surface area is 181 Å². The number of ether oxygens (including phenoxy) is 1. The Bertz CT molecular complexity index is 769. The lowest BCUT2D eigenvalue weighted by molar-refractivity contribution is -0.139. The zero-order valence-electron chi connectivity index (χ0n) is 17.7. The molecule has 31 heavy (non-hydrogen) atoms. The first-order chi connectivity index (χ1) is 14.9. The first kappa shape index (κ1) is 23.1. The van der Waals surface area contributed by atoms with E-state index in [4.69, 9.17) is 10.5 Å². The van der Waals surface area contributed by atoms with E-state index in [2.05, 4.69) is 15.2 Å². The summed E-state index contributed by atoms with van der Waals surface area (Å²) in [6, 6.07) is 5.02. The van der Waals surface area contributed by atoms with E-state index in [0.717, 1.165) is 13.1 Å². The van der Waals surface area contributed by atoms with E-state index in [1.807, 2.05) is 0 Å². The number of β-amino-alcohol motifs (C(OH)–C–C–N with tert-alkyl or cyclic N) is 1. The van der Waals surface area contributed by atoms with Gasteiger partial charge in [0.05, 0.1) is 26.3 Å². The van der Waals surface area contributed by atoms with Gasteiger partial charge in [0.1, 0.15) is 11.3 Å². The second kappa shape index (κ2) is 10.7. The van der Waals surface area contributed by atoms with Gasteiger partial charge in [0.15, 0.2) is 0 Å². The Kier molecular flexibility index (Phi) is 7.94. The summed E-state index contributed by atoms with van der Waals surface area (Å²) in [5.74, 6) is -0.846. The Balaban J connectivity index is 1.52. The zero-order valence-corrected chi connectivity index (χ0v) is 17.7. The highest BCUT2D eigenvalue weighted by Crippen LogP contribution is 2.22. The molecule has 10 heteroatoms. The molecule has 1 aromatic heterocycles.